The molecule has 2 heterocycles. The van der Waals surface area contributed by atoms with Crippen LogP contribution in [0.4, 0.5) is 0 Å². The van der Waals surface area contributed by atoms with E-state index >= 15 is 0 Å². The number of hydrogen-bond donors (Lipinski definition) is 0. The summed E-state index contributed by atoms with van der Waals surface area (Å²) in [5.74, 6) is 0.826. The molecule has 0 bridgehead atoms. The van der Waals surface area contributed by atoms with Crippen molar-refractivity contribution in [2.24, 2.45) is 0 Å². The minimum atomic E-state index is 0.826. The zero-order valence-electron chi connectivity index (χ0n) is 16.5. The molecule has 0 aliphatic carbocycles. The first-order valence-corrected chi connectivity index (χ1v) is 9.78. The first kappa shape index (κ1) is 17.4. The van der Waals surface area contributed by atoms with Gasteiger partial charge in [0.1, 0.15) is 11.4 Å². The van der Waals surface area contributed by atoms with Gasteiger partial charge in [0, 0.05) is 22.5 Å². The number of fused-ring (bicyclic) bond motifs is 3. The van der Waals surface area contributed by atoms with E-state index in [-0.39, 0.29) is 0 Å². The molecule has 0 aliphatic rings. The smallest absolute Gasteiger partial charge is 0.119 e. The molecule has 0 N–H and O–H groups in total. The van der Waals surface area contributed by atoms with Crippen molar-refractivity contribution < 1.29 is 4.74 Å². The number of aryl methyl sites for hydroxylation is 1. The normalized spacial score (nSPS) is 11.2. The van der Waals surface area contributed by atoms with Crippen LogP contribution in [0.3, 0.4) is 0 Å². The second kappa shape index (κ2) is 7.06. The molecule has 0 spiro atoms. The van der Waals surface area contributed by atoms with Crippen LogP contribution in [0, 0.1) is 0 Å². The van der Waals surface area contributed by atoms with Crippen molar-refractivity contribution in [2.75, 3.05) is 7.11 Å². The monoisotopic (exact) mass is 379 g/mol. The Balaban J connectivity index is 1.81. The highest BCUT2D eigenvalue weighted by Crippen LogP contribution is 2.34. The Bertz CT molecular complexity index is 1300. The Morgan fingerprint density at radius 3 is 2.34 bits per heavy atom. The van der Waals surface area contributed by atoms with Gasteiger partial charge in [0.2, 0.25) is 0 Å². The summed E-state index contributed by atoms with van der Waals surface area (Å²) < 4.78 is 7.34. The van der Waals surface area contributed by atoms with E-state index in [2.05, 4.69) is 37.3 Å². The van der Waals surface area contributed by atoms with E-state index in [1.165, 1.54) is 5.56 Å². The van der Waals surface area contributed by atoms with Gasteiger partial charge < -0.3 is 4.74 Å². The van der Waals surface area contributed by atoms with Crippen LogP contribution in [0.2, 0.25) is 0 Å². The van der Waals surface area contributed by atoms with E-state index in [1.54, 1.807) is 7.11 Å². The molecule has 4 nitrogen and oxygen atoms in total. The molecule has 4 heteroatoms. The third-order valence-corrected chi connectivity index (χ3v) is 5.37. The fourth-order valence-electron chi connectivity index (χ4n) is 3.75. The highest BCUT2D eigenvalue weighted by atomic mass is 16.5. The Labute approximate surface area is 169 Å². The summed E-state index contributed by atoms with van der Waals surface area (Å²) in [6, 6.07) is 24.8. The lowest BCUT2D eigenvalue weighted by molar-refractivity contribution is 0.414. The third kappa shape index (κ3) is 2.93. The van der Waals surface area contributed by atoms with Gasteiger partial charge in [-0.25, -0.2) is 4.68 Å². The standard InChI is InChI=1S/C25H21N3O/c1-3-17-8-10-18(11-9-17)24-22-16-26-23-7-5-4-6-21(23)25(22)28(27-24)19-12-14-20(29-2)15-13-19/h4-16H,3H2,1-2H3. The molecule has 0 saturated heterocycles. The van der Waals surface area contributed by atoms with Crippen molar-refractivity contribution in [2.45, 2.75) is 13.3 Å². The largest absolute Gasteiger partial charge is 0.497 e. The number of aromatic nitrogens is 3. The number of nitrogens with zero attached hydrogens (tertiary/aromatic N) is 3. The molecule has 142 valence electrons. The summed E-state index contributed by atoms with van der Waals surface area (Å²) in [7, 11) is 1.68. The lowest BCUT2D eigenvalue weighted by atomic mass is 10.0. The van der Waals surface area contributed by atoms with E-state index in [0.29, 0.717) is 0 Å². The number of para-hydroxylation sites is 1. The molecule has 0 unspecified atom stereocenters. The lowest BCUT2D eigenvalue weighted by Crippen LogP contribution is -1.97. The number of ether oxygens (including phenoxy) is 1. The van der Waals surface area contributed by atoms with Crippen LogP contribution < -0.4 is 4.74 Å². The van der Waals surface area contributed by atoms with Gasteiger partial charge >= 0.3 is 0 Å². The van der Waals surface area contributed by atoms with Crippen molar-refractivity contribution in [1.29, 1.82) is 0 Å². The van der Waals surface area contributed by atoms with Gasteiger partial charge in [-0.05, 0) is 42.3 Å². The van der Waals surface area contributed by atoms with Crippen molar-refractivity contribution in [3.05, 3.63) is 84.6 Å². The van der Waals surface area contributed by atoms with Crippen molar-refractivity contribution in [3.8, 4) is 22.7 Å². The summed E-state index contributed by atoms with van der Waals surface area (Å²) in [6.07, 6.45) is 2.96. The molecule has 0 aliphatic heterocycles. The summed E-state index contributed by atoms with van der Waals surface area (Å²) in [4.78, 5) is 4.69. The van der Waals surface area contributed by atoms with Crippen molar-refractivity contribution >= 4 is 21.8 Å². The molecule has 5 rings (SSSR count). The van der Waals surface area contributed by atoms with Gasteiger partial charge in [-0.1, -0.05) is 49.4 Å². The molecule has 2 aromatic heterocycles. The molecule has 29 heavy (non-hydrogen) atoms. The average Bonchev–Trinajstić information content (AvgIpc) is 3.19. The van der Waals surface area contributed by atoms with Gasteiger partial charge in [0.25, 0.3) is 0 Å². The minimum absolute atomic E-state index is 0.826. The van der Waals surface area contributed by atoms with E-state index in [4.69, 9.17) is 14.8 Å². The number of methoxy groups -OCH3 is 1. The molecule has 0 amide bonds. The topological polar surface area (TPSA) is 39.9 Å². The van der Waals surface area contributed by atoms with Crippen molar-refractivity contribution in [1.82, 2.24) is 14.8 Å². The van der Waals surface area contributed by atoms with Gasteiger partial charge in [0.15, 0.2) is 0 Å². The molecule has 0 radical (unpaired) electrons. The van der Waals surface area contributed by atoms with Gasteiger partial charge in [-0.3, -0.25) is 4.98 Å². The van der Waals surface area contributed by atoms with Crippen LogP contribution in [-0.2, 0) is 6.42 Å². The van der Waals surface area contributed by atoms with Gasteiger partial charge in [-0.2, -0.15) is 5.10 Å². The second-order valence-electron chi connectivity index (χ2n) is 7.05. The van der Waals surface area contributed by atoms with Crippen molar-refractivity contribution in [3.63, 3.8) is 0 Å². The Morgan fingerprint density at radius 1 is 0.862 bits per heavy atom. The maximum Gasteiger partial charge on any atom is 0.119 e. The number of hydrogen-bond acceptors (Lipinski definition) is 3. The Kier molecular flexibility index (Phi) is 4.24. The summed E-state index contributed by atoms with van der Waals surface area (Å²) in [6.45, 7) is 2.17. The maximum atomic E-state index is 5.32. The Morgan fingerprint density at radius 2 is 1.62 bits per heavy atom. The number of pyridine rings is 1. The molecule has 0 fully saturated rings. The minimum Gasteiger partial charge on any atom is -0.497 e. The van der Waals surface area contributed by atoms with Crippen LogP contribution in [0.5, 0.6) is 5.75 Å². The molecule has 0 atom stereocenters. The molecular weight excluding hydrogens is 358 g/mol. The van der Waals surface area contributed by atoms with Gasteiger partial charge in [-0.15, -0.1) is 0 Å². The van der Waals surface area contributed by atoms with Crippen LogP contribution >= 0.6 is 0 Å². The molecule has 0 saturated carbocycles. The first-order chi connectivity index (χ1) is 14.3. The molecule has 3 aromatic carbocycles. The summed E-state index contributed by atoms with van der Waals surface area (Å²) >= 11 is 0. The van der Waals surface area contributed by atoms with Crippen LogP contribution in [0.1, 0.15) is 12.5 Å². The quantitative estimate of drug-likeness (QED) is 0.395. The van der Waals surface area contributed by atoms with E-state index in [9.17, 15) is 0 Å². The molecule has 5 aromatic rings. The highest BCUT2D eigenvalue weighted by molar-refractivity contribution is 6.08. The fourth-order valence-corrected chi connectivity index (χ4v) is 3.75. The van der Waals surface area contributed by atoms with E-state index in [1.807, 2.05) is 53.3 Å². The lowest BCUT2D eigenvalue weighted by Gasteiger charge is -2.07. The third-order valence-electron chi connectivity index (χ3n) is 5.37. The second-order valence-corrected chi connectivity index (χ2v) is 7.05. The van der Waals surface area contributed by atoms with Crippen LogP contribution in [0.25, 0.3) is 38.8 Å². The molecular formula is C25H21N3O. The van der Waals surface area contributed by atoms with Gasteiger partial charge in [0.05, 0.1) is 23.8 Å². The van der Waals surface area contributed by atoms with Crippen LogP contribution in [0.15, 0.2) is 79.0 Å². The highest BCUT2D eigenvalue weighted by Gasteiger charge is 2.17. The van der Waals surface area contributed by atoms with E-state index in [0.717, 1.165) is 50.9 Å². The fraction of sp³-hybridized carbons (Fsp3) is 0.120. The van der Waals surface area contributed by atoms with E-state index < -0.39 is 0 Å². The average molecular weight is 379 g/mol. The predicted octanol–water partition coefficient (Wildman–Crippen LogP) is 5.81. The first-order valence-electron chi connectivity index (χ1n) is 9.78. The summed E-state index contributed by atoms with van der Waals surface area (Å²) in [5.41, 5.74) is 6.37. The number of benzene rings is 3. The number of rotatable bonds is 4. The Hall–Kier alpha value is -3.66. The zero-order valence-corrected chi connectivity index (χ0v) is 16.5. The summed E-state index contributed by atoms with van der Waals surface area (Å²) in [5, 5.41) is 7.16. The SMILES string of the molecule is CCc1ccc(-c2nn(-c3ccc(OC)cc3)c3c2cnc2ccccc23)cc1. The zero-order chi connectivity index (χ0) is 19.8. The van der Waals surface area contributed by atoms with Crippen LogP contribution in [-0.4, -0.2) is 21.9 Å². The maximum absolute atomic E-state index is 5.32. The predicted molar refractivity (Wildman–Crippen MR) is 118 cm³/mol.